The Morgan fingerprint density at radius 3 is 1.76 bits per heavy atom. The van der Waals surface area contributed by atoms with Crippen LogP contribution in [-0.2, 0) is 17.9 Å². The molecule has 6 heteroatoms. The van der Waals surface area contributed by atoms with Crippen molar-refractivity contribution in [2.24, 2.45) is 17.9 Å². The van der Waals surface area contributed by atoms with Crippen molar-refractivity contribution < 1.29 is 0 Å². The van der Waals surface area contributed by atoms with E-state index >= 15 is 0 Å². The molecule has 41 heavy (non-hydrogen) atoms. The highest BCUT2D eigenvalue weighted by Gasteiger charge is 2.63. The predicted octanol–water partition coefficient (Wildman–Crippen LogP) is 6.69. The third kappa shape index (κ3) is 3.09. The van der Waals surface area contributed by atoms with Gasteiger partial charge in [-0.05, 0) is 72.6 Å². The Kier molecular flexibility index (Phi) is 5.32. The van der Waals surface area contributed by atoms with Gasteiger partial charge in [0.2, 0.25) is 0 Å². The number of benzene rings is 2. The van der Waals surface area contributed by atoms with Crippen LogP contribution in [0.1, 0.15) is 102 Å². The molecule has 2 fully saturated rings. The van der Waals surface area contributed by atoms with Crippen LogP contribution in [0, 0.1) is 10.8 Å². The normalized spacial score (nSPS) is 29.2. The van der Waals surface area contributed by atoms with Crippen molar-refractivity contribution in [3.63, 3.8) is 0 Å². The number of aromatic nitrogens is 4. The lowest BCUT2D eigenvalue weighted by Gasteiger charge is -2.36. The van der Waals surface area contributed by atoms with Crippen LogP contribution in [0.15, 0.2) is 70.3 Å². The number of rotatable bonds is 2. The Balaban J connectivity index is 0.000000135. The summed E-state index contributed by atoms with van der Waals surface area (Å²) < 4.78 is 5.67. The van der Waals surface area contributed by atoms with E-state index in [0.717, 1.165) is 35.3 Å². The molecule has 0 amide bonds. The topological polar surface area (TPSA) is 64.7 Å². The third-order valence-electron chi connectivity index (χ3n) is 12.5. The Morgan fingerprint density at radius 2 is 1.20 bits per heavy atom. The zero-order valence-electron chi connectivity index (χ0n) is 25.4. The summed E-state index contributed by atoms with van der Waals surface area (Å²) in [4.78, 5) is 25.9. The van der Waals surface area contributed by atoms with Crippen LogP contribution >= 0.6 is 0 Å². The predicted molar refractivity (Wildman–Crippen MR) is 164 cm³/mol. The van der Waals surface area contributed by atoms with Gasteiger partial charge in [0.05, 0.1) is 17.1 Å². The number of aromatic amines is 1. The molecule has 4 aliphatic carbocycles. The Labute approximate surface area is 242 Å². The molecule has 2 aromatic carbocycles. The second-order valence-corrected chi connectivity index (χ2v) is 14.4. The lowest BCUT2D eigenvalue weighted by atomic mass is 9.70. The van der Waals surface area contributed by atoms with E-state index in [1.54, 1.807) is 4.68 Å². The van der Waals surface area contributed by atoms with E-state index in [2.05, 4.69) is 51.3 Å². The minimum atomic E-state index is 0.103. The SMILES string of the molecule is CC1(C)[C@@H]2CC[C@@]1(C)c1[nH]n(-c3ccccc3)c(=O)c12.Cn1c2c(c(=O)n1-c1ccccc1)[C@H]1CC[C@]2(C)C1(C)C. The van der Waals surface area contributed by atoms with Gasteiger partial charge in [0.25, 0.3) is 11.1 Å². The van der Waals surface area contributed by atoms with Crippen molar-refractivity contribution in [3.8, 4) is 11.4 Å². The van der Waals surface area contributed by atoms with Crippen LogP contribution in [0.5, 0.6) is 0 Å². The summed E-state index contributed by atoms with van der Waals surface area (Å²) in [5, 5.41) is 3.41. The van der Waals surface area contributed by atoms with Crippen molar-refractivity contribution >= 4 is 0 Å². The van der Waals surface area contributed by atoms with E-state index in [9.17, 15) is 9.59 Å². The van der Waals surface area contributed by atoms with Gasteiger partial charge in [-0.25, -0.2) is 9.36 Å². The van der Waals surface area contributed by atoms with Crippen LogP contribution < -0.4 is 11.1 Å². The summed E-state index contributed by atoms with van der Waals surface area (Å²) >= 11 is 0. The zero-order chi connectivity index (χ0) is 29.1. The monoisotopic (exact) mass is 550 g/mol. The fourth-order valence-electron chi connectivity index (χ4n) is 9.29. The van der Waals surface area contributed by atoms with E-state index in [1.165, 1.54) is 24.2 Å². The first-order chi connectivity index (χ1) is 19.4. The van der Waals surface area contributed by atoms with E-state index in [1.807, 2.05) is 72.4 Å². The maximum absolute atomic E-state index is 13.0. The first-order valence-electron chi connectivity index (χ1n) is 15.1. The highest BCUT2D eigenvalue weighted by Crippen LogP contribution is 2.67. The molecule has 0 aliphatic heterocycles. The average Bonchev–Trinajstić information content (AvgIpc) is 3.66. The maximum Gasteiger partial charge on any atom is 0.275 e. The number of nitrogens with one attached hydrogen (secondary N) is 1. The number of nitrogens with zero attached hydrogens (tertiary/aromatic N) is 3. The van der Waals surface area contributed by atoms with Gasteiger partial charge in [0, 0.05) is 34.7 Å². The second-order valence-electron chi connectivity index (χ2n) is 14.4. The Hall–Kier alpha value is -3.54. The molecule has 2 saturated carbocycles. The minimum Gasteiger partial charge on any atom is -0.294 e. The molecule has 4 aromatic rings. The molecule has 4 aliphatic rings. The van der Waals surface area contributed by atoms with Crippen molar-refractivity contribution in [2.45, 2.75) is 89.9 Å². The molecule has 4 bridgehead atoms. The van der Waals surface area contributed by atoms with Gasteiger partial charge in [0.15, 0.2) is 0 Å². The first-order valence-corrected chi connectivity index (χ1v) is 15.1. The summed E-state index contributed by atoms with van der Waals surface area (Å²) in [7, 11) is 2.04. The van der Waals surface area contributed by atoms with Gasteiger partial charge >= 0.3 is 0 Å². The highest BCUT2D eigenvalue weighted by atomic mass is 16.1. The molecule has 0 radical (unpaired) electrons. The van der Waals surface area contributed by atoms with E-state index in [4.69, 9.17) is 0 Å². The number of hydrogen-bond donors (Lipinski definition) is 1. The lowest BCUT2D eigenvalue weighted by molar-refractivity contribution is 0.218. The Morgan fingerprint density at radius 1 is 0.683 bits per heavy atom. The van der Waals surface area contributed by atoms with Gasteiger partial charge in [-0.3, -0.25) is 19.4 Å². The minimum absolute atomic E-state index is 0.103. The molecule has 214 valence electrons. The molecule has 2 aromatic heterocycles. The summed E-state index contributed by atoms with van der Waals surface area (Å²) in [6, 6.07) is 19.8. The van der Waals surface area contributed by atoms with Crippen molar-refractivity contribution in [1.29, 1.82) is 0 Å². The van der Waals surface area contributed by atoms with Gasteiger partial charge in [-0.15, -0.1) is 0 Å². The zero-order valence-corrected chi connectivity index (χ0v) is 25.4. The molecule has 0 saturated heterocycles. The molecule has 4 atom stereocenters. The van der Waals surface area contributed by atoms with Gasteiger partial charge in [0.1, 0.15) is 0 Å². The molecular formula is C35H42N4O2. The summed E-state index contributed by atoms with van der Waals surface area (Å²) in [6.45, 7) is 13.9. The van der Waals surface area contributed by atoms with E-state index in [0.29, 0.717) is 11.8 Å². The van der Waals surface area contributed by atoms with Gasteiger partial charge in [-0.2, -0.15) is 0 Å². The molecule has 0 spiro atoms. The molecule has 6 nitrogen and oxygen atoms in total. The largest absolute Gasteiger partial charge is 0.294 e. The fraction of sp³-hybridized carbons (Fsp3) is 0.486. The third-order valence-corrected chi connectivity index (χ3v) is 12.5. The van der Waals surface area contributed by atoms with Crippen LogP contribution in [0.2, 0.25) is 0 Å². The standard InChI is InChI=1S/C18H22N2O.C17H20N2O/c1-17(2)13-10-11-18(17,3)15-14(13)16(21)20(19(15)4)12-8-6-5-7-9-12;1-16(2)12-9-10-17(16,3)14-13(12)15(20)19(18-14)11-7-5-4-6-8-11/h5-9,13H,10-11H2,1-4H3;4-8,12,18H,9-10H2,1-3H3/t13-,18+;12-,17+/m11/s1. The molecule has 2 heterocycles. The summed E-state index contributed by atoms with van der Waals surface area (Å²) in [5.74, 6) is 0.803. The quantitative estimate of drug-likeness (QED) is 0.302. The van der Waals surface area contributed by atoms with Crippen LogP contribution in [-0.4, -0.2) is 19.1 Å². The Bertz CT molecular complexity index is 1790. The van der Waals surface area contributed by atoms with Gasteiger partial charge in [-0.1, -0.05) is 77.9 Å². The number of H-pyrrole nitrogens is 1. The molecular weight excluding hydrogens is 508 g/mol. The van der Waals surface area contributed by atoms with Crippen molar-refractivity contribution in [1.82, 2.24) is 19.1 Å². The first kappa shape index (κ1) is 26.4. The van der Waals surface area contributed by atoms with Crippen LogP contribution in [0.3, 0.4) is 0 Å². The van der Waals surface area contributed by atoms with E-state index < -0.39 is 0 Å². The fourth-order valence-corrected chi connectivity index (χ4v) is 9.29. The lowest BCUT2D eigenvalue weighted by Crippen LogP contribution is -2.35. The van der Waals surface area contributed by atoms with Crippen molar-refractivity contribution in [2.75, 3.05) is 0 Å². The summed E-state index contributed by atoms with van der Waals surface area (Å²) in [6.07, 6.45) is 4.64. The second kappa shape index (κ2) is 8.27. The van der Waals surface area contributed by atoms with Crippen molar-refractivity contribution in [3.05, 3.63) is 104 Å². The molecule has 8 rings (SSSR count). The number of fused-ring (bicyclic) bond motifs is 10. The number of hydrogen-bond acceptors (Lipinski definition) is 2. The average molecular weight is 551 g/mol. The van der Waals surface area contributed by atoms with Gasteiger partial charge < -0.3 is 0 Å². The molecule has 0 unspecified atom stereocenters. The smallest absolute Gasteiger partial charge is 0.275 e. The summed E-state index contributed by atoms with van der Waals surface area (Å²) in [5.41, 5.74) is 7.33. The van der Waals surface area contributed by atoms with Crippen LogP contribution in [0.4, 0.5) is 0 Å². The highest BCUT2D eigenvalue weighted by molar-refractivity contribution is 5.48. The maximum atomic E-state index is 13.0. The number of para-hydroxylation sites is 2. The van der Waals surface area contributed by atoms with E-state index in [-0.39, 0.29) is 32.8 Å². The molecule has 1 N–H and O–H groups in total. The van der Waals surface area contributed by atoms with Crippen LogP contribution in [0.25, 0.3) is 11.4 Å².